The highest BCUT2D eigenvalue weighted by atomic mass is 16.5. The summed E-state index contributed by atoms with van der Waals surface area (Å²) < 4.78 is 5.58. The summed E-state index contributed by atoms with van der Waals surface area (Å²) in [6, 6.07) is 0.425. The average Bonchev–Trinajstić information content (AvgIpc) is 2.70. The fourth-order valence-corrected chi connectivity index (χ4v) is 2.42. The number of rotatable bonds is 8. The summed E-state index contributed by atoms with van der Waals surface area (Å²) in [5.74, 6) is 6.21. The van der Waals surface area contributed by atoms with Crippen LogP contribution in [0.5, 0.6) is 0 Å². The molecule has 1 fully saturated rings. The molecule has 0 aliphatic carbocycles. The Hall–Kier alpha value is -0.380. The number of ether oxygens (including phenoxy) is 1. The van der Waals surface area contributed by atoms with E-state index in [2.05, 4.69) is 18.9 Å². The molecule has 3 heteroatoms. The minimum atomic E-state index is 0.404. The molecule has 1 rings (SSSR count). The van der Waals surface area contributed by atoms with E-state index in [4.69, 9.17) is 10.6 Å². The molecule has 0 spiro atoms. The van der Waals surface area contributed by atoms with Crippen LogP contribution < -0.4 is 11.3 Å². The van der Waals surface area contributed by atoms with E-state index in [0.29, 0.717) is 18.1 Å². The Labute approximate surface area is 99.4 Å². The van der Waals surface area contributed by atoms with Crippen LogP contribution in [0.4, 0.5) is 0 Å². The third kappa shape index (κ3) is 4.64. The van der Waals surface area contributed by atoms with Crippen molar-refractivity contribution in [3.8, 4) is 0 Å². The topological polar surface area (TPSA) is 47.3 Å². The largest absolute Gasteiger partial charge is 0.378 e. The Balaban J connectivity index is 2.14. The van der Waals surface area contributed by atoms with Gasteiger partial charge in [-0.15, -0.1) is 6.58 Å². The Morgan fingerprint density at radius 2 is 2.31 bits per heavy atom. The lowest BCUT2D eigenvalue weighted by Crippen LogP contribution is -2.41. The average molecular weight is 226 g/mol. The van der Waals surface area contributed by atoms with Crippen molar-refractivity contribution in [2.24, 2.45) is 11.8 Å². The van der Waals surface area contributed by atoms with Crippen LogP contribution in [0.3, 0.4) is 0 Å². The smallest absolute Gasteiger partial charge is 0.0551 e. The molecule has 0 radical (unpaired) electrons. The van der Waals surface area contributed by atoms with E-state index in [9.17, 15) is 0 Å². The van der Waals surface area contributed by atoms with Gasteiger partial charge in [0, 0.05) is 12.0 Å². The van der Waals surface area contributed by atoms with Gasteiger partial charge < -0.3 is 4.74 Å². The molecule has 16 heavy (non-hydrogen) atoms. The van der Waals surface area contributed by atoms with Crippen molar-refractivity contribution >= 4 is 0 Å². The minimum absolute atomic E-state index is 0.404. The van der Waals surface area contributed by atoms with Gasteiger partial charge in [-0.25, -0.2) is 0 Å². The van der Waals surface area contributed by atoms with Crippen molar-refractivity contribution in [1.29, 1.82) is 0 Å². The quantitative estimate of drug-likeness (QED) is 0.289. The lowest BCUT2D eigenvalue weighted by Gasteiger charge is -2.21. The van der Waals surface area contributed by atoms with Crippen molar-refractivity contribution in [1.82, 2.24) is 5.43 Å². The molecule has 0 aromatic carbocycles. The number of hydrazine groups is 1. The van der Waals surface area contributed by atoms with Gasteiger partial charge in [0.2, 0.25) is 0 Å². The first-order valence-electron chi connectivity index (χ1n) is 6.46. The third-order valence-electron chi connectivity index (χ3n) is 3.44. The van der Waals surface area contributed by atoms with Crippen LogP contribution in [0.2, 0.25) is 0 Å². The second kappa shape index (κ2) is 7.82. The van der Waals surface area contributed by atoms with Crippen LogP contribution >= 0.6 is 0 Å². The molecule has 0 amide bonds. The highest BCUT2D eigenvalue weighted by Gasteiger charge is 2.28. The number of allylic oxidation sites excluding steroid dienone is 1. The normalized spacial score (nSPS) is 26.9. The van der Waals surface area contributed by atoms with Gasteiger partial charge in [-0.1, -0.05) is 18.9 Å². The van der Waals surface area contributed by atoms with Crippen LogP contribution in [0, 0.1) is 5.92 Å². The maximum atomic E-state index is 5.62. The van der Waals surface area contributed by atoms with E-state index < -0.39 is 0 Å². The SMILES string of the molecule is C=CCCCCCC(NN)C1COC(C)C1. The van der Waals surface area contributed by atoms with E-state index in [-0.39, 0.29) is 0 Å². The molecule has 1 saturated heterocycles. The fraction of sp³-hybridized carbons (Fsp3) is 0.846. The van der Waals surface area contributed by atoms with Crippen molar-refractivity contribution in [3.63, 3.8) is 0 Å². The predicted octanol–water partition coefficient (Wildman–Crippen LogP) is 2.38. The maximum absolute atomic E-state index is 5.62. The van der Waals surface area contributed by atoms with Crippen molar-refractivity contribution in [2.75, 3.05) is 6.61 Å². The molecule has 3 atom stereocenters. The van der Waals surface area contributed by atoms with Gasteiger partial charge in [-0.2, -0.15) is 0 Å². The number of hydrogen-bond donors (Lipinski definition) is 2. The van der Waals surface area contributed by atoms with E-state index in [1.54, 1.807) is 0 Å². The first-order chi connectivity index (χ1) is 7.77. The molecule has 94 valence electrons. The second-order valence-corrected chi connectivity index (χ2v) is 4.84. The lowest BCUT2D eigenvalue weighted by atomic mass is 9.93. The molecule has 1 aliphatic heterocycles. The lowest BCUT2D eigenvalue weighted by molar-refractivity contribution is 0.116. The second-order valence-electron chi connectivity index (χ2n) is 4.84. The first-order valence-corrected chi connectivity index (χ1v) is 6.46. The predicted molar refractivity (Wildman–Crippen MR) is 67.9 cm³/mol. The highest BCUT2D eigenvalue weighted by molar-refractivity contribution is 4.80. The summed E-state index contributed by atoms with van der Waals surface area (Å²) in [5, 5.41) is 0. The van der Waals surface area contributed by atoms with Gasteiger partial charge in [0.05, 0.1) is 12.7 Å². The van der Waals surface area contributed by atoms with Crippen LogP contribution in [0.15, 0.2) is 12.7 Å². The summed E-state index contributed by atoms with van der Waals surface area (Å²) in [7, 11) is 0. The van der Waals surface area contributed by atoms with Gasteiger partial charge in [0.15, 0.2) is 0 Å². The van der Waals surface area contributed by atoms with Crippen LogP contribution in [0.1, 0.15) is 45.4 Å². The zero-order chi connectivity index (χ0) is 11.8. The molecule has 0 aromatic heterocycles. The van der Waals surface area contributed by atoms with Gasteiger partial charge >= 0.3 is 0 Å². The van der Waals surface area contributed by atoms with E-state index in [1.165, 1.54) is 19.3 Å². The van der Waals surface area contributed by atoms with Gasteiger partial charge in [0.25, 0.3) is 0 Å². The monoisotopic (exact) mass is 226 g/mol. The number of unbranched alkanes of at least 4 members (excludes halogenated alkanes) is 3. The molecule has 3 nitrogen and oxygen atoms in total. The Bertz CT molecular complexity index is 196. The summed E-state index contributed by atoms with van der Waals surface area (Å²) in [5.41, 5.74) is 2.96. The van der Waals surface area contributed by atoms with Gasteiger partial charge in [0.1, 0.15) is 0 Å². The summed E-state index contributed by atoms with van der Waals surface area (Å²) in [6.45, 7) is 6.73. The number of hydrogen-bond acceptors (Lipinski definition) is 3. The number of nitrogens with one attached hydrogen (secondary N) is 1. The zero-order valence-electron chi connectivity index (χ0n) is 10.5. The Morgan fingerprint density at radius 3 is 2.88 bits per heavy atom. The standard InChI is InChI=1S/C13H26N2O/c1-3-4-5-6-7-8-13(15-14)12-9-11(2)16-10-12/h3,11-13,15H,1,4-10,14H2,2H3. The molecular formula is C13H26N2O. The molecule has 3 N–H and O–H groups in total. The van der Waals surface area contributed by atoms with Crippen molar-refractivity contribution < 1.29 is 4.74 Å². The molecular weight excluding hydrogens is 200 g/mol. The van der Waals surface area contributed by atoms with E-state index >= 15 is 0 Å². The van der Waals surface area contributed by atoms with Crippen LogP contribution in [0.25, 0.3) is 0 Å². The summed E-state index contributed by atoms with van der Waals surface area (Å²) in [6.07, 6.45) is 9.59. The van der Waals surface area contributed by atoms with Gasteiger partial charge in [-0.3, -0.25) is 11.3 Å². The molecule has 1 aliphatic rings. The minimum Gasteiger partial charge on any atom is -0.378 e. The maximum Gasteiger partial charge on any atom is 0.0551 e. The van der Waals surface area contributed by atoms with Crippen LogP contribution in [-0.2, 0) is 4.74 Å². The highest BCUT2D eigenvalue weighted by Crippen LogP contribution is 2.24. The zero-order valence-corrected chi connectivity index (χ0v) is 10.5. The van der Waals surface area contributed by atoms with Crippen LogP contribution in [-0.4, -0.2) is 18.8 Å². The Morgan fingerprint density at radius 1 is 1.50 bits per heavy atom. The van der Waals surface area contributed by atoms with Crippen molar-refractivity contribution in [2.45, 2.75) is 57.6 Å². The molecule has 3 unspecified atom stereocenters. The molecule has 1 heterocycles. The molecule has 0 aromatic rings. The Kier molecular flexibility index (Phi) is 6.69. The van der Waals surface area contributed by atoms with E-state index in [1.807, 2.05) is 6.08 Å². The third-order valence-corrected chi connectivity index (χ3v) is 3.44. The van der Waals surface area contributed by atoms with E-state index in [0.717, 1.165) is 25.9 Å². The molecule has 0 bridgehead atoms. The summed E-state index contributed by atoms with van der Waals surface area (Å²) in [4.78, 5) is 0. The number of nitrogens with two attached hydrogens (primary N) is 1. The van der Waals surface area contributed by atoms with Gasteiger partial charge in [-0.05, 0) is 32.6 Å². The molecule has 0 saturated carbocycles. The first kappa shape index (κ1) is 13.7. The summed E-state index contributed by atoms with van der Waals surface area (Å²) >= 11 is 0. The fourth-order valence-electron chi connectivity index (χ4n) is 2.42. The van der Waals surface area contributed by atoms with Crippen molar-refractivity contribution in [3.05, 3.63) is 12.7 Å².